The molecule has 4 nitrogen and oxygen atoms in total. The van der Waals surface area contributed by atoms with Crippen molar-refractivity contribution in [2.75, 3.05) is 6.61 Å². The molecule has 2 aliphatic rings. The quantitative estimate of drug-likeness (QED) is 0.645. The predicted molar refractivity (Wildman–Crippen MR) is 109 cm³/mol. The summed E-state index contributed by atoms with van der Waals surface area (Å²) in [6, 6.07) is 14.8. The molecule has 1 unspecified atom stereocenters. The number of aryl methyl sites for hydroxylation is 1. The lowest BCUT2D eigenvalue weighted by molar-refractivity contribution is 0.0279. The Bertz CT molecular complexity index is 1070. The van der Waals surface area contributed by atoms with E-state index in [4.69, 9.17) is 4.74 Å². The Balaban J connectivity index is 1.35. The van der Waals surface area contributed by atoms with Crippen LogP contribution < -0.4 is 0 Å². The van der Waals surface area contributed by atoms with Gasteiger partial charge in [-0.25, -0.2) is 4.68 Å². The van der Waals surface area contributed by atoms with E-state index < -0.39 is 0 Å². The number of hydrogen-bond donors (Lipinski definition) is 0. The van der Waals surface area contributed by atoms with Crippen LogP contribution in [0.4, 0.5) is 0 Å². The maximum atomic E-state index is 6.01. The number of ether oxygens (including phenoxy) is 1. The van der Waals surface area contributed by atoms with Gasteiger partial charge in [0.1, 0.15) is 11.8 Å². The largest absolute Gasteiger partial charge is 0.371 e. The molecule has 1 atom stereocenters. The molecule has 5 rings (SSSR count). The summed E-state index contributed by atoms with van der Waals surface area (Å²) < 4.78 is 7.90. The predicted octanol–water partition coefficient (Wildman–Crippen LogP) is 4.33. The Kier molecular flexibility index (Phi) is 4.46. The van der Waals surface area contributed by atoms with E-state index in [0.717, 1.165) is 29.8 Å². The third-order valence-corrected chi connectivity index (χ3v) is 5.48. The smallest absolute Gasteiger partial charge is 0.113 e. The van der Waals surface area contributed by atoms with Crippen molar-refractivity contribution in [3.8, 4) is 23.1 Å². The minimum atomic E-state index is 0.0284. The van der Waals surface area contributed by atoms with Crippen molar-refractivity contribution in [1.82, 2.24) is 15.0 Å². The molecule has 0 bridgehead atoms. The Hall–Kier alpha value is -2.90. The van der Waals surface area contributed by atoms with Gasteiger partial charge < -0.3 is 4.74 Å². The van der Waals surface area contributed by atoms with Crippen molar-refractivity contribution in [3.63, 3.8) is 0 Å². The third kappa shape index (κ3) is 3.58. The van der Waals surface area contributed by atoms with Crippen molar-refractivity contribution in [1.29, 1.82) is 0 Å². The fourth-order valence-electron chi connectivity index (χ4n) is 3.75. The minimum absolute atomic E-state index is 0.0284. The zero-order chi connectivity index (χ0) is 18.9. The van der Waals surface area contributed by atoms with Gasteiger partial charge in [0.2, 0.25) is 0 Å². The van der Waals surface area contributed by atoms with E-state index in [-0.39, 0.29) is 6.10 Å². The molecule has 140 valence electrons. The van der Waals surface area contributed by atoms with Gasteiger partial charge in [0, 0.05) is 17.0 Å². The molecule has 4 heteroatoms. The highest BCUT2D eigenvalue weighted by atomic mass is 16.5. The molecule has 1 aromatic heterocycles. The van der Waals surface area contributed by atoms with Gasteiger partial charge in [0.15, 0.2) is 0 Å². The fourth-order valence-corrected chi connectivity index (χ4v) is 3.75. The van der Waals surface area contributed by atoms with Gasteiger partial charge in [-0.3, -0.25) is 0 Å². The number of nitrogens with zero attached hydrogens (tertiary/aromatic N) is 3. The molecule has 1 aliphatic carbocycles. The Morgan fingerprint density at radius 1 is 1.18 bits per heavy atom. The summed E-state index contributed by atoms with van der Waals surface area (Å²) in [6.45, 7) is 3.54. The summed E-state index contributed by atoms with van der Waals surface area (Å²) in [4.78, 5) is 0. The van der Waals surface area contributed by atoms with Crippen molar-refractivity contribution < 1.29 is 4.74 Å². The van der Waals surface area contributed by atoms with Crippen LogP contribution in [0.5, 0.6) is 0 Å². The molecule has 0 radical (unpaired) electrons. The standard InChI is InChI=1S/C24H23N3O/c1-17-14-19(9-8-18-6-7-18)10-11-21(17)23-15-27(26-25-23)16-24-22-5-3-2-4-20(22)12-13-28-24/h2-5,10-11,14-15,18,24H,6-7,12-13,16H2,1H3. The summed E-state index contributed by atoms with van der Waals surface area (Å²) in [5.41, 5.74) is 6.89. The second-order valence-electron chi connectivity index (χ2n) is 7.71. The lowest BCUT2D eigenvalue weighted by Crippen LogP contribution is -2.20. The number of aromatic nitrogens is 3. The molecular formula is C24H23N3O. The second kappa shape index (κ2) is 7.26. The van der Waals surface area contributed by atoms with Gasteiger partial charge >= 0.3 is 0 Å². The number of hydrogen-bond acceptors (Lipinski definition) is 3. The van der Waals surface area contributed by atoms with E-state index in [1.807, 2.05) is 10.9 Å². The van der Waals surface area contributed by atoms with Crippen LogP contribution in [0.1, 0.15) is 41.2 Å². The Labute approximate surface area is 165 Å². The zero-order valence-electron chi connectivity index (χ0n) is 16.1. The minimum Gasteiger partial charge on any atom is -0.371 e. The molecule has 1 fully saturated rings. The van der Waals surface area contributed by atoms with Gasteiger partial charge in [-0.2, -0.15) is 0 Å². The van der Waals surface area contributed by atoms with Crippen LogP contribution in [-0.4, -0.2) is 21.6 Å². The van der Waals surface area contributed by atoms with Crippen LogP contribution in [0, 0.1) is 24.7 Å². The van der Waals surface area contributed by atoms with E-state index in [0.29, 0.717) is 12.5 Å². The highest BCUT2D eigenvalue weighted by Crippen LogP contribution is 2.29. The van der Waals surface area contributed by atoms with Crippen molar-refractivity contribution in [2.45, 2.75) is 38.8 Å². The van der Waals surface area contributed by atoms with Crippen LogP contribution in [0.15, 0.2) is 48.7 Å². The first-order chi connectivity index (χ1) is 13.8. The second-order valence-corrected chi connectivity index (χ2v) is 7.71. The van der Waals surface area contributed by atoms with Crippen LogP contribution in [-0.2, 0) is 17.7 Å². The van der Waals surface area contributed by atoms with Gasteiger partial charge in [-0.15, -0.1) is 5.10 Å². The molecule has 1 aliphatic heterocycles. The van der Waals surface area contributed by atoms with Gasteiger partial charge in [0.05, 0.1) is 19.3 Å². The summed E-state index contributed by atoms with van der Waals surface area (Å²) in [5, 5.41) is 8.75. The molecule has 2 heterocycles. The van der Waals surface area contributed by atoms with E-state index in [2.05, 4.69) is 71.5 Å². The third-order valence-electron chi connectivity index (χ3n) is 5.48. The highest BCUT2D eigenvalue weighted by Gasteiger charge is 2.21. The Morgan fingerprint density at radius 3 is 2.93 bits per heavy atom. The first kappa shape index (κ1) is 17.2. The van der Waals surface area contributed by atoms with E-state index in [9.17, 15) is 0 Å². The molecule has 0 saturated heterocycles. The Morgan fingerprint density at radius 2 is 2.07 bits per heavy atom. The van der Waals surface area contributed by atoms with Gasteiger partial charge in [0.25, 0.3) is 0 Å². The maximum Gasteiger partial charge on any atom is 0.113 e. The summed E-state index contributed by atoms with van der Waals surface area (Å²) >= 11 is 0. The van der Waals surface area contributed by atoms with E-state index >= 15 is 0 Å². The topological polar surface area (TPSA) is 39.9 Å². The molecular weight excluding hydrogens is 346 g/mol. The SMILES string of the molecule is Cc1cc(C#CC2CC2)ccc1-c1cn(CC2OCCc3ccccc32)nn1. The zero-order valence-corrected chi connectivity index (χ0v) is 16.1. The average Bonchev–Trinajstić information content (AvgIpc) is 3.44. The molecule has 0 spiro atoms. The molecule has 28 heavy (non-hydrogen) atoms. The normalized spacial score (nSPS) is 18.2. The van der Waals surface area contributed by atoms with Crippen LogP contribution in [0.3, 0.4) is 0 Å². The summed E-state index contributed by atoms with van der Waals surface area (Å²) in [7, 11) is 0. The van der Waals surface area contributed by atoms with Gasteiger partial charge in [-0.05, 0) is 55.0 Å². The van der Waals surface area contributed by atoms with Crippen molar-refractivity contribution in [2.24, 2.45) is 5.92 Å². The van der Waals surface area contributed by atoms with E-state index in [1.54, 1.807) is 0 Å². The van der Waals surface area contributed by atoms with Crippen molar-refractivity contribution in [3.05, 3.63) is 70.9 Å². The number of rotatable bonds is 3. The maximum absolute atomic E-state index is 6.01. The first-order valence-electron chi connectivity index (χ1n) is 9.98. The summed E-state index contributed by atoms with van der Waals surface area (Å²) in [6.07, 6.45) is 5.52. The number of benzene rings is 2. The van der Waals surface area contributed by atoms with Crippen LogP contribution in [0.25, 0.3) is 11.3 Å². The van der Waals surface area contributed by atoms with Crippen LogP contribution >= 0.6 is 0 Å². The average molecular weight is 369 g/mol. The molecule has 0 amide bonds. The molecule has 0 N–H and O–H groups in total. The number of fused-ring (bicyclic) bond motifs is 1. The fraction of sp³-hybridized carbons (Fsp3) is 0.333. The molecule has 3 aromatic rings. The monoisotopic (exact) mass is 369 g/mol. The molecule has 2 aromatic carbocycles. The highest BCUT2D eigenvalue weighted by molar-refractivity contribution is 5.64. The lowest BCUT2D eigenvalue weighted by atomic mass is 9.97. The van der Waals surface area contributed by atoms with Crippen LogP contribution in [0.2, 0.25) is 0 Å². The lowest BCUT2D eigenvalue weighted by Gasteiger charge is -2.25. The molecule has 1 saturated carbocycles. The van der Waals surface area contributed by atoms with Gasteiger partial charge in [-0.1, -0.05) is 47.4 Å². The summed E-state index contributed by atoms with van der Waals surface area (Å²) in [5.74, 6) is 7.23. The van der Waals surface area contributed by atoms with Crippen molar-refractivity contribution >= 4 is 0 Å². The first-order valence-corrected chi connectivity index (χ1v) is 9.98. The van der Waals surface area contributed by atoms with E-state index in [1.165, 1.54) is 29.5 Å².